The highest BCUT2D eigenvalue weighted by Crippen LogP contribution is 2.31. The maximum atomic E-state index is 12.8. The van der Waals surface area contributed by atoms with Gasteiger partial charge in [-0.2, -0.15) is 0 Å². The van der Waals surface area contributed by atoms with Gasteiger partial charge in [0.25, 0.3) is 5.91 Å². The van der Waals surface area contributed by atoms with Crippen LogP contribution in [0.5, 0.6) is 11.5 Å². The fourth-order valence-corrected chi connectivity index (χ4v) is 3.63. The van der Waals surface area contributed by atoms with Crippen molar-refractivity contribution in [2.45, 2.75) is 45.3 Å². The number of rotatable bonds is 7. The van der Waals surface area contributed by atoms with Crippen molar-refractivity contribution in [2.75, 3.05) is 20.2 Å². The molecule has 1 fully saturated rings. The molecule has 1 aliphatic heterocycles. The van der Waals surface area contributed by atoms with Crippen LogP contribution in [-0.2, 0) is 4.79 Å². The summed E-state index contributed by atoms with van der Waals surface area (Å²) >= 11 is 0. The Kier molecular flexibility index (Phi) is 7.27. The summed E-state index contributed by atoms with van der Waals surface area (Å²) in [5.74, 6) is 1.06. The van der Waals surface area contributed by atoms with Gasteiger partial charge < -0.3 is 19.7 Å². The molecule has 30 heavy (non-hydrogen) atoms. The van der Waals surface area contributed by atoms with Crippen LogP contribution in [0.4, 0.5) is 0 Å². The Morgan fingerprint density at radius 1 is 1.17 bits per heavy atom. The molecule has 1 aromatic carbocycles. The quantitative estimate of drug-likeness (QED) is 0.756. The third kappa shape index (κ3) is 5.28. The molecule has 1 atom stereocenters. The monoisotopic (exact) mass is 411 g/mol. The first-order chi connectivity index (χ1) is 14.5. The zero-order valence-corrected chi connectivity index (χ0v) is 17.8. The molecule has 0 radical (unpaired) electrons. The highest BCUT2D eigenvalue weighted by Gasteiger charge is 2.23. The van der Waals surface area contributed by atoms with Gasteiger partial charge in [-0.15, -0.1) is 0 Å². The zero-order chi connectivity index (χ0) is 21.5. The average Bonchev–Trinajstić information content (AvgIpc) is 2.78. The molecule has 1 aliphatic rings. The number of hydrogen-bond acceptors (Lipinski definition) is 5. The van der Waals surface area contributed by atoms with E-state index in [-0.39, 0.29) is 24.0 Å². The van der Waals surface area contributed by atoms with Gasteiger partial charge in [-0.1, -0.05) is 6.92 Å². The Morgan fingerprint density at radius 3 is 2.47 bits per heavy atom. The number of aromatic nitrogens is 1. The van der Waals surface area contributed by atoms with Crippen molar-refractivity contribution in [2.24, 2.45) is 0 Å². The topological polar surface area (TPSA) is 80.8 Å². The highest BCUT2D eigenvalue weighted by atomic mass is 16.5. The number of nitrogens with zero attached hydrogens (tertiary/aromatic N) is 2. The van der Waals surface area contributed by atoms with Crippen molar-refractivity contribution < 1.29 is 19.1 Å². The second-order valence-electron chi connectivity index (χ2n) is 7.40. The lowest BCUT2D eigenvalue weighted by molar-refractivity contribution is -0.130. The number of amides is 2. The minimum Gasteiger partial charge on any atom is -0.493 e. The fraction of sp³-hybridized carbons (Fsp3) is 0.435. The number of nitrogens with one attached hydrogen (secondary N) is 1. The molecule has 1 N–H and O–H groups in total. The van der Waals surface area contributed by atoms with Gasteiger partial charge in [0, 0.05) is 50.8 Å². The van der Waals surface area contributed by atoms with Gasteiger partial charge in [-0.3, -0.25) is 14.6 Å². The van der Waals surface area contributed by atoms with Crippen molar-refractivity contribution >= 4 is 11.8 Å². The van der Waals surface area contributed by atoms with Crippen LogP contribution in [0, 0.1) is 0 Å². The number of likely N-dealkylation sites (tertiary alicyclic amines) is 1. The zero-order valence-electron chi connectivity index (χ0n) is 17.8. The van der Waals surface area contributed by atoms with E-state index in [1.165, 1.54) is 0 Å². The first-order valence-corrected chi connectivity index (χ1v) is 10.3. The van der Waals surface area contributed by atoms with Gasteiger partial charge in [0.2, 0.25) is 5.91 Å². The molecule has 1 aromatic heterocycles. The fourth-order valence-electron chi connectivity index (χ4n) is 3.63. The largest absolute Gasteiger partial charge is 0.493 e. The molecule has 7 nitrogen and oxygen atoms in total. The summed E-state index contributed by atoms with van der Waals surface area (Å²) in [5, 5.41) is 3.07. The van der Waals surface area contributed by atoms with E-state index < -0.39 is 0 Å². The molecular weight excluding hydrogens is 382 g/mol. The van der Waals surface area contributed by atoms with Gasteiger partial charge in [0.05, 0.1) is 13.2 Å². The Hall–Kier alpha value is -3.09. The summed E-state index contributed by atoms with van der Waals surface area (Å²) in [6, 6.07) is 8.95. The third-order valence-electron chi connectivity index (χ3n) is 5.43. The van der Waals surface area contributed by atoms with E-state index in [2.05, 4.69) is 10.3 Å². The molecule has 7 heteroatoms. The first kappa shape index (κ1) is 21.6. The number of carbonyl (C=O) groups excluding carboxylic acids is 2. The van der Waals surface area contributed by atoms with Crippen molar-refractivity contribution in [3.05, 3.63) is 53.9 Å². The summed E-state index contributed by atoms with van der Waals surface area (Å²) in [7, 11) is 1.56. The number of piperidine rings is 1. The van der Waals surface area contributed by atoms with Crippen LogP contribution in [0.1, 0.15) is 55.1 Å². The lowest BCUT2D eigenvalue weighted by Crippen LogP contribution is -2.40. The van der Waals surface area contributed by atoms with Crippen molar-refractivity contribution in [3.8, 4) is 11.5 Å². The lowest BCUT2D eigenvalue weighted by Gasteiger charge is -2.31. The van der Waals surface area contributed by atoms with Crippen molar-refractivity contribution in [1.29, 1.82) is 0 Å². The van der Waals surface area contributed by atoms with Crippen LogP contribution < -0.4 is 14.8 Å². The van der Waals surface area contributed by atoms with Crippen molar-refractivity contribution in [1.82, 2.24) is 15.2 Å². The molecule has 1 saturated heterocycles. The number of methoxy groups -OCH3 is 1. The third-order valence-corrected chi connectivity index (χ3v) is 5.43. The molecular formula is C23H29N3O4. The lowest BCUT2D eigenvalue weighted by atomic mass is 10.1. The second kappa shape index (κ2) is 10.1. The predicted octanol–water partition coefficient (Wildman–Crippen LogP) is 3.36. The van der Waals surface area contributed by atoms with E-state index in [4.69, 9.17) is 9.47 Å². The minimum absolute atomic E-state index is 0.0188. The Balaban J connectivity index is 1.66. The normalized spacial score (nSPS) is 15.4. The minimum atomic E-state index is -0.168. The molecule has 2 aromatic rings. The van der Waals surface area contributed by atoms with Gasteiger partial charge >= 0.3 is 0 Å². The SMILES string of the molecule is CC[C@@H](NC(=O)c1ccc(OC2CCN(C(C)=O)CC2)c(OC)c1)c1ccncc1. The summed E-state index contributed by atoms with van der Waals surface area (Å²) in [4.78, 5) is 30.1. The van der Waals surface area contributed by atoms with Crippen LogP contribution in [0.25, 0.3) is 0 Å². The Bertz CT molecular complexity index is 864. The molecule has 0 spiro atoms. The van der Waals surface area contributed by atoms with Crippen LogP contribution in [0.15, 0.2) is 42.7 Å². The number of ether oxygens (including phenoxy) is 2. The maximum Gasteiger partial charge on any atom is 0.251 e. The van der Waals surface area contributed by atoms with Crippen LogP contribution in [-0.4, -0.2) is 48.0 Å². The molecule has 0 bridgehead atoms. The number of benzene rings is 1. The molecule has 160 valence electrons. The summed E-state index contributed by atoms with van der Waals surface area (Å²) in [6.07, 6.45) is 5.78. The summed E-state index contributed by atoms with van der Waals surface area (Å²) in [5.41, 5.74) is 1.53. The van der Waals surface area contributed by atoms with E-state index in [1.807, 2.05) is 24.0 Å². The molecule has 2 heterocycles. The predicted molar refractivity (Wildman–Crippen MR) is 114 cm³/mol. The van der Waals surface area contributed by atoms with Gasteiger partial charge in [-0.25, -0.2) is 0 Å². The average molecular weight is 412 g/mol. The van der Waals surface area contributed by atoms with E-state index >= 15 is 0 Å². The Labute approximate surface area is 177 Å². The van der Waals surface area contributed by atoms with E-state index in [0.29, 0.717) is 30.2 Å². The smallest absolute Gasteiger partial charge is 0.251 e. The molecule has 0 saturated carbocycles. The van der Waals surface area contributed by atoms with E-state index in [9.17, 15) is 9.59 Å². The number of carbonyl (C=O) groups is 2. The Morgan fingerprint density at radius 2 is 1.87 bits per heavy atom. The van der Waals surface area contributed by atoms with Crippen LogP contribution >= 0.6 is 0 Å². The first-order valence-electron chi connectivity index (χ1n) is 10.3. The molecule has 2 amide bonds. The summed E-state index contributed by atoms with van der Waals surface area (Å²) < 4.78 is 11.6. The maximum absolute atomic E-state index is 12.8. The van der Waals surface area contributed by atoms with E-state index in [0.717, 1.165) is 24.8 Å². The number of pyridine rings is 1. The summed E-state index contributed by atoms with van der Waals surface area (Å²) in [6.45, 7) is 5.00. The van der Waals surface area contributed by atoms with Gasteiger partial charge in [-0.05, 0) is 42.3 Å². The standard InChI is InChI=1S/C23H29N3O4/c1-4-20(17-7-11-24-12-8-17)25-23(28)18-5-6-21(22(15-18)29-3)30-19-9-13-26(14-10-19)16(2)27/h5-8,11-12,15,19-20H,4,9-10,13-14H2,1-3H3,(H,25,28)/t20-/m1/s1. The van der Waals surface area contributed by atoms with Crippen LogP contribution in [0.2, 0.25) is 0 Å². The van der Waals surface area contributed by atoms with Gasteiger partial charge in [0.15, 0.2) is 11.5 Å². The molecule has 0 aliphatic carbocycles. The second-order valence-corrected chi connectivity index (χ2v) is 7.40. The van der Waals surface area contributed by atoms with E-state index in [1.54, 1.807) is 44.6 Å². The highest BCUT2D eigenvalue weighted by molar-refractivity contribution is 5.95. The van der Waals surface area contributed by atoms with Gasteiger partial charge in [0.1, 0.15) is 6.10 Å². The van der Waals surface area contributed by atoms with Crippen LogP contribution in [0.3, 0.4) is 0 Å². The molecule has 3 rings (SSSR count). The van der Waals surface area contributed by atoms with Crippen molar-refractivity contribution in [3.63, 3.8) is 0 Å². The number of hydrogen-bond donors (Lipinski definition) is 1. The molecule has 0 unspecified atom stereocenters.